The van der Waals surface area contributed by atoms with E-state index in [-0.39, 0.29) is 5.91 Å². The summed E-state index contributed by atoms with van der Waals surface area (Å²) in [6.07, 6.45) is 0. The summed E-state index contributed by atoms with van der Waals surface area (Å²) in [5, 5.41) is 3.79. The summed E-state index contributed by atoms with van der Waals surface area (Å²) in [4.78, 5) is 16.8. The van der Waals surface area contributed by atoms with Gasteiger partial charge in [0.25, 0.3) is 0 Å². The van der Waals surface area contributed by atoms with Crippen molar-refractivity contribution in [1.29, 1.82) is 0 Å². The van der Waals surface area contributed by atoms with E-state index in [2.05, 4.69) is 58.4 Å². The summed E-state index contributed by atoms with van der Waals surface area (Å²) < 4.78 is 0. The van der Waals surface area contributed by atoms with Crippen molar-refractivity contribution in [2.24, 2.45) is 0 Å². The van der Waals surface area contributed by atoms with Crippen molar-refractivity contribution >= 4 is 17.5 Å². The fourth-order valence-electron chi connectivity index (χ4n) is 3.12. The molecular weight excluding hydrogens is 346 g/mol. The Bertz CT molecular complexity index is 707. The van der Waals surface area contributed by atoms with Crippen LogP contribution in [0.4, 0.5) is 0 Å². The van der Waals surface area contributed by atoms with Gasteiger partial charge in [-0.05, 0) is 30.2 Å². The van der Waals surface area contributed by atoms with Gasteiger partial charge in [-0.15, -0.1) is 0 Å². The van der Waals surface area contributed by atoms with E-state index in [1.807, 2.05) is 12.1 Å². The number of nitrogens with one attached hydrogen (secondary N) is 1. The van der Waals surface area contributed by atoms with Crippen molar-refractivity contribution in [3.8, 4) is 0 Å². The first-order chi connectivity index (χ1) is 12.6. The molecule has 0 aromatic heterocycles. The molecule has 1 aliphatic rings. The Kier molecular flexibility index (Phi) is 6.67. The molecule has 0 spiro atoms. The first kappa shape index (κ1) is 18.9. The first-order valence-electron chi connectivity index (χ1n) is 9.10. The molecule has 3 rings (SSSR count). The average Bonchev–Trinajstić information content (AvgIpc) is 2.65. The highest BCUT2D eigenvalue weighted by Crippen LogP contribution is 2.13. The molecule has 0 bridgehead atoms. The normalized spacial score (nSPS) is 15.8. The van der Waals surface area contributed by atoms with Crippen molar-refractivity contribution in [2.75, 3.05) is 32.7 Å². The topological polar surface area (TPSA) is 35.6 Å². The van der Waals surface area contributed by atoms with Gasteiger partial charge in [0, 0.05) is 44.3 Å². The van der Waals surface area contributed by atoms with Crippen LogP contribution in [0.25, 0.3) is 0 Å². The molecule has 0 saturated carbocycles. The standard InChI is InChI=1S/C21H26ClN3O/c1-17-2-4-18(5-3-17)14-23-21(26)16-25-12-10-24(11-13-25)15-19-6-8-20(22)9-7-19/h2-9H,10-16H2,1H3,(H,23,26). The number of carbonyl (C=O) groups is 1. The van der Waals surface area contributed by atoms with Gasteiger partial charge in [-0.25, -0.2) is 0 Å². The number of halogens is 1. The zero-order valence-electron chi connectivity index (χ0n) is 15.2. The third-order valence-electron chi connectivity index (χ3n) is 4.76. The summed E-state index contributed by atoms with van der Waals surface area (Å²) >= 11 is 5.94. The van der Waals surface area contributed by atoms with Gasteiger partial charge in [0.1, 0.15) is 0 Å². The lowest BCUT2D eigenvalue weighted by molar-refractivity contribution is -0.122. The molecule has 138 valence electrons. The van der Waals surface area contributed by atoms with Crippen molar-refractivity contribution in [3.05, 3.63) is 70.2 Å². The minimum absolute atomic E-state index is 0.0942. The number of benzene rings is 2. The van der Waals surface area contributed by atoms with Crippen molar-refractivity contribution in [3.63, 3.8) is 0 Å². The van der Waals surface area contributed by atoms with Gasteiger partial charge >= 0.3 is 0 Å². The van der Waals surface area contributed by atoms with Gasteiger partial charge in [0.15, 0.2) is 0 Å². The number of rotatable bonds is 6. The van der Waals surface area contributed by atoms with Crippen LogP contribution in [0, 0.1) is 6.92 Å². The van der Waals surface area contributed by atoms with Gasteiger partial charge < -0.3 is 5.32 Å². The van der Waals surface area contributed by atoms with Crippen LogP contribution in [-0.4, -0.2) is 48.4 Å². The average molecular weight is 372 g/mol. The molecule has 2 aromatic rings. The SMILES string of the molecule is Cc1ccc(CNC(=O)CN2CCN(Cc3ccc(Cl)cc3)CC2)cc1. The highest BCUT2D eigenvalue weighted by molar-refractivity contribution is 6.30. The first-order valence-corrected chi connectivity index (χ1v) is 9.48. The smallest absolute Gasteiger partial charge is 0.234 e. The maximum atomic E-state index is 12.2. The highest BCUT2D eigenvalue weighted by Gasteiger charge is 2.18. The number of nitrogens with zero attached hydrogens (tertiary/aromatic N) is 2. The highest BCUT2D eigenvalue weighted by atomic mass is 35.5. The van der Waals surface area contributed by atoms with Crippen LogP contribution < -0.4 is 5.32 Å². The van der Waals surface area contributed by atoms with E-state index < -0.39 is 0 Å². The minimum Gasteiger partial charge on any atom is -0.351 e. The third kappa shape index (κ3) is 5.84. The second-order valence-corrected chi connectivity index (χ2v) is 7.38. The molecule has 0 radical (unpaired) electrons. The number of aryl methyl sites for hydroxylation is 1. The number of carbonyl (C=O) groups excluding carboxylic acids is 1. The van der Waals surface area contributed by atoms with Gasteiger partial charge in [-0.2, -0.15) is 0 Å². The minimum atomic E-state index is 0.0942. The zero-order chi connectivity index (χ0) is 18.4. The molecule has 4 nitrogen and oxygen atoms in total. The molecule has 1 saturated heterocycles. The lowest BCUT2D eigenvalue weighted by atomic mass is 10.1. The van der Waals surface area contributed by atoms with E-state index in [9.17, 15) is 4.79 Å². The van der Waals surface area contributed by atoms with Gasteiger partial charge in [0.2, 0.25) is 5.91 Å². The van der Waals surface area contributed by atoms with Crippen LogP contribution in [0.15, 0.2) is 48.5 Å². The van der Waals surface area contributed by atoms with Gasteiger partial charge in [0.05, 0.1) is 6.54 Å². The van der Waals surface area contributed by atoms with E-state index in [0.717, 1.165) is 43.3 Å². The molecule has 0 aliphatic carbocycles. The van der Waals surface area contributed by atoms with Crippen LogP contribution in [-0.2, 0) is 17.9 Å². The molecule has 1 fully saturated rings. The van der Waals surface area contributed by atoms with Gasteiger partial charge in [-0.3, -0.25) is 14.6 Å². The Balaban J connectivity index is 1.37. The second kappa shape index (κ2) is 9.17. The quantitative estimate of drug-likeness (QED) is 0.847. The molecule has 26 heavy (non-hydrogen) atoms. The molecule has 1 aliphatic heterocycles. The van der Waals surface area contributed by atoms with Crippen LogP contribution >= 0.6 is 11.6 Å². The predicted octanol–water partition coefficient (Wildman–Crippen LogP) is 3.08. The van der Waals surface area contributed by atoms with E-state index in [0.29, 0.717) is 13.1 Å². The lowest BCUT2D eigenvalue weighted by Crippen LogP contribution is -2.49. The molecule has 2 aromatic carbocycles. The Labute approximate surface area is 160 Å². The Morgan fingerprint density at radius 1 is 0.923 bits per heavy atom. The molecule has 1 heterocycles. The summed E-state index contributed by atoms with van der Waals surface area (Å²) in [6, 6.07) is 16.3. The fourth-order valence-corrected chi connectivity index (χ4v) is 3.25. The number of piperazine rings is 1. The summed E-state index contributed by atoms with van der Waals surface area (Å²) in [5.41, 5.74) is 3.65. The molecule has 0 atom stereocenters. The summed E-state index contributed by atoms with van der Waals surface area (Å²) in [5.74, 6) is 0.0942. The van der Waals surface area contributed by atoms with Crippen LogP contribution in [0.3, 0.4) is 0 Å². The number of hydrogen-bond acceptors (Lipinski definition) is 3. The Hall–Kier alpha value is -1.88. The van der Waals surface area contributed by atoms with E-state index in [4.69, 9.17) is 11.6 Å². The molecule has 1 N–H and O–H groups in total. The summed E-state index contributed by atoms with van der Waals surface area (Å²) in [7, 11) is 0. The van der Waals surface area contributed by atoms with Crippen molar-refractivity contribution < 1.29 is 4.79 Å². The zero-order valence-corrected chi connectivity index (χ0v) is 16.0. The van der Waals surface area contributed by atoms with Crippen LogP contribution in [0.1, 0.15) is 16.7 Å². The molecular formula is C21H26ClN3O. The van der Waals surface area contributed by atoms with Gasteiger partial charge in [-0.1, -0.05) is 53.6 Å². The second-order valence-electron chi connectivity index (χ2n) is 6.94. The van der Waals surface area contributed by atoms with E-state index in [1.54, 1.807) is 0 Å². The molecule has 5 heteroatoms. The fraction of sp³-hybridized carbons (Fsp3) is 0.381. The molecule has 0 unspecified atom stereocenters. The largest absolute Gasteiger partial charge is 0.351 e. The van der Waals surface area contributed by atoms with Crippen LogP contribution in [0.2, 0.25) is 5.02 Å². The number of amides is 1. The predicted molar refractivity (Wildman–Crippen MR) is 106 cm³/mol. The number of hydrogen-bond donors (Lipinski definition) is 1. The van der Waals surface area contributed by atoms with E-state index in [1.165, 1.54) is 11.1 Å². The van der Waals surface area contributed by atoms with Crippen LogP contribution in [0.5, 0.6) is 0 Å². The Morgan fingerprint density at radius 2 is 1.50 bits per heavy atom. The van der Waals surface area contributed by atoms with Crippen molar-refractivity contribution in [2.45, 2.75) is 20.0 Å². The van der Waals surface area contributed by atoms with E-state index >= 15 is 0 Å². The third-order valence-corrected chi connectivity index (χ3v) is 5.01. The maximum absolute atomic E-state index is 12.2. The lowest BCUT2D eigenvalue weighted by Gasteiger charge is -2.34. The Morgan fingerprint density at radius 3 is 2.15 bits per heavy atom. The monoisotopic (exact) mass is 371 g/mol. The summed E-state index contributed by atoms with van der Waals surface area (Å²) in [6.45, 7) is 7.87. The maximum Gasteiger partial charge on any atom is 0.234 e. The van der Waals surface area contributed by atoms with Crippen molar-refractivity contribution in [1.82, 2.24) is 15.1 Å². The molecule has 1 amide bonds.